The molecule has 0 aliphatic carbocycles. The lowest BCUT2D eigenvalue weighted by Crippen LogP contribution is -2.49. The summed E-state index contributed by atoms with van der Waals surface area (Å²) in [7, 11) is 0. The number of halogens is 1. The van der Waals surface area contributed by atoms with Gasteiger partial charge in [-0.15, -0.1) is 10.2 Å². The van der Waals surface area contributed by atoms with Crippen molar-refractivity contribution in [1.82, 2.24) is 44.8 Å². The fourth-order valence-corrected chi connectivity index (χ4v) is 4.19. The second-order valence-electron chi connectivity index (χ2n) is 10.4. The Morgan fingerprint density at radius 3 is 2.77 bits per heavy atom. The first kappa shape index (κ1) is 26.7. The highest BCUT2D eigenvalue weighted by Gasteiger charge is 2.34. The molecular weight excluding hydrogens is 517 g/mol. The standard InChI is InChI=1S/C26H28FN11O2/c1-15-32-23(36-35-15)24(39)37-8-7-21(19(27)13-37)40-20-6-5-16(9-17(20)10-28)22-29-14-30-25(34-22)33-18-11-31-38(12-18)26(2,3)4/h5-6,9,11-12,14,19,21H,7-8,13H2,1-4H3,(H,32,35,36)(H,29,30,33,34)/t19-,21?/m1/s1. The lowest BCUT2D eigenvalue weighted by atomic mass is 10.0. The number of carbonyl (C=O) groups is 1. The number of likely N-dealkylation sites (tertiary alicyclic amines) is 1. The number of nitrogens with one attached hydrogen (secondary N) is 2. The highest BCUT2D eigenvalue weighted by atomic mass is 19.1. The molecule has 206 valence electrons. The third-order valence-electron chi connectivity index (χ3n) is 6.31. The van der Waals surface area contributed by atoms with Crippen LogP contribution in [0.15, 0.2) is 36.9 Å². The molecule has 4 heterocycles. The van der Waals surface area contributed by atoms with E-state index in [1.54, 1.807) is 31.3 Å². The summed E-state index contributed by atoms with van der Waals surface area (Å²) in [4.78, 5) is 29.6. The average molecular weight is 546 g/mol. The molecule has 3 aromatic heterocycles. The summed E-state index contributed by atoms with van der Waals surface area (Å²) >= 11 is 0. The van der Waals surface area contributed by atoms with Crippen LogP contribution in [-0.2, 0) is 5.54 Å². The van der Waals surface area contributed by atoms with E-state index in [-0.39, 0.29) is 42.2 Å². The number of carbonyl (C=O) groups excluding carboxylic acids is 1. The van der Waals surface area contributed by atoms with Crippen LogP contribution in [0.1, 0.15) is 49.2 Å². The highest BCUT2D eigenvalue weighted by Crippen LogP contribution is 2.29. The highest BCUT2D eigenvalue weighted by molar-refractivity contribution is 5.90. The van der Waals surface area contributed by atoms with Crippen LogP contribution in [0.5, 0.6) is 5.75 Å². The Balaban J connectivity index is 1.26. The van der Waals surface area contributed by atoms with Gasteiger partial charge in [0.2, 0.25) is 11.8 Å². The number of hydrogen-bond donors (Lipinski definition) is 2. The van der Waals surface area contributed by atoms with Crippen LogP contribution < -0.4 is 10.1 Å². The molecule has 1 fully saturated rings. The molecule has 0 spiro atoms. The minimum atomic E-state index is -1.45. The summed E-state index contributed by atoms with van der Waals surface area (Å²) in [5.41, 5.74) is 1.33. The average Bonchev–Trinajstić information content (AvgIpc) is 3.59. The van der Waals surface area contributed by atoms with Crippen molar-refractivity contribution in [2.75, 3.05) is 18.4 Å². The second kappa shape index (κ2) is 10.7. The van der Waals surface area contributed by atoms with Crippen molar-refractivity contribution in [3.63, 3.8) is 0 Å². The van der Waals surface area contributed by atoms with Crippen LogP contribution in [0.3, 0.4) is 0 Å². The summed E-state index contributed by atoms with van der Waals surface area (Å²) in [6.07, 6.45) is 2.89. The minimum absolute atomic E-state index is 0.0723. The Kier molecular flexibility index (Phi) is 7.12. The summed E-state index contributed by atoms with van der Waals surface area (Å²) in [5.74, 6) is 1.07. The summed E-state index contributed by atoms with van der Waals surface area (Å²) < 4.78 is 22.8. The van der Waals surface area contributed by atoms with Gasteiger partial charge in [-0.3, -0.25) is 9.48 Å². The van der Waals surface area contributed by atoms with Crippen LogP contribution in [0, 0.1) is 18.3 Å². The number of ether oxygens (including phenoxy) is 1. The lowest BCUT2D eigenvalue weighted by molar-refractivity contribution is 0.0195. The molecule has 0 bridgehead atoms. The van der Waals surface area contributed by atoms with Crippen molar-refractivity contribution < 1.29 is 13.9 Å². The third-order valence-corrected chi connectivity index (χ3v) is 6.31. The van der Waals surface area contributed by atoms with Gasteiger partial charge in [0.05, 0.1) is 29.5 Å². The van der Waals surface area contributed by atoms with Crippen molar-refractivity contribution in [3.05, 3.63) is 54.1 Å². The zero-order valence-corrected chi connectivity index (χ0v) is 22.5. The van der Waals surface area contributed by atoms with E-state index < -0.39 is 18.2 Å². The molecule has 1 aliphatic heterocycles. The molecule has 14 heteroatoms. The van der Waals surface area contributed by atoms with Gasteiger partial charge in [-0.2, -0.15) is 15.3 Å². The minimum Gasteiger partial charge on any atom is -0.486 e. The van der Waals surface area contributed by atoms with Crippen molar-refractivity contribution in [3.8, 4) is 23.2 Å². The van der Waals surface area contributed by atoms with E-state index in [0.29, 0.717) is 23.2 Å². The van der Waals surface area contributed by atoms with E-state index >= 15 is 4.39 Å². The SMILES string of the molecule is Cc1nnc(C(=O)N2CCC(Oc3ccc(-c4ncnc(Nc5cnn(C(C)(C)C)c5)n4)cc3C#N)[C@H](F)C2)[nH]1. The number of piperidine rings is 1. The lowest BCUT2D eigenvalue weighted by Gasteiger charge is -2.34. The van der Waals surface area contributed by atoms with Gasteiger partial charge in [-0.25, -0.2) is 14.4 Å². The molecule has 2 atom stereocenters. The van der Waals surface area contributed by atoms with Gasteiger partial charge in [0, 0.05) is 24.7 Å². The Hall–Kier alpha value is -4.93. The van der Waals surface area contributed by atoms with Crippen LogP contribution in [-0.4, -0.2) is 76.1 Å². The largest absolute Gasteiger partial charge is 0.486 e. The molecule has 5 rings (SSSR count). The van der Waals surface area contributed by atoms with Crippen LogP contribution in [0.4, 0.5) is 16.0 Å². The van der Waals surface area contributed by atoms with Crippen molar-refractivity contribution in [1.29, 1.82) is 5.26 Å². The molecule has 1 aliphatic rings. The Morgan fingerprint density at radius 2 is 2.10 bits per heavy atom. The van der Waals surface area contributed by atoms with Gasteiger partial charge in [0.1, 0.15) is 30.1 Å². The molecule has 1 saturated heterocycles. The smallest absolute Gasteiger partial charge is 0.291 e. The molecule has 13 nitrogen and oxygen atoms in total. The normalized spacial score (nSPS) is 17.4. The Labute approximate surface area is 229 Å². The zero-order valence-electron chi connectivity index (χ0n) is 22.5. The Morgan fingerprint density at radius 1 is 1.27 bits per heavy atom. The Bertz CT molecular complexity index is 1570. The topological polar surface area (TPSA) is 163 Å². The maximum atomic E-state index is 15.0. The molecule has 1 aromatic carbocycles. The number of rotatable bonds is 6. The zero-order chi connectivity index (χ0) is 28.4. The number of alkyl halides is 1. The number of H-pyrrole nitrogens is 1. The van der Waals surface area contributed by atoms with E-state index in [0.717, 1.165) is 5.69 Å². The van der Waals surface area contributed by atoms with Gasteiger partial charge in [0.25, 0.3) is 5.91 Å². The maximum Gasteiger partial charge on any atom is 0.291 e. The molecule has 1 unspecified atom stereocenters. The number of hydrogen-bond acceptors (Lipinski definition) is 10. The van der Waals surface area contributed by atoms with Gasteiger partial charge >= 0.3 is 0 Å². The van der Waals surface area contributed by atoms with E-state index in [1.165, 1.54) is 11.2 Å². The number of amides is 1. The molecule has 1 amide bonds. The van der Waals surface area contributed by atoms with E-state index in [1.807, 2.05) is 31.6 Å². The number of aryl methyl sites for hydroxylation is 1. The summed E-state index contributed by atoms with van der Waals surface area (Å²) in [6, 6.07) is 6.99. The van der Waals surface area contributed by atoms with Crippen LogP contribution >= 0.6 is 0 Å². The van der Waals surface area contributed by atoms with E-state index in [4.69, 9.17) is 4.74 Å². The number of nitriles is 1. The number of aromatic amines is 1. The van der Waals surface area contributed by atoms with E-state index in [9.17, 15) is 10.1 Å². The molecule has 0 saturated carbocycles. The molecule has 0 radical (unpaired) electrons. The maximum absolute atomic E-state index is 15.0. The fourth-order valence-electron chi connectivity index (χ4n) is 4.19. The summed E-state index contributed by atoms with van der Waals surface area (Å²) in [6.45, 7) is 7.94. The van der Waals surface area contributed by atoms with Crippen molar-refractivity contribution in [2.24, 2.45) is 0 Å². The quantitative estimate of drug-likeness (QED) is 0.368. The van der Waals surface area contributed by atoms with Gasteiger partial charge in [0.15, 0.2) is 12.0 Å². The first-order valence-corrected chi connectivity index (χ1v) is 12.7. The predicted molar refractivity (Wildman–Crippen MR) is 141 cm³/mol. The van der Waals surface area contributed by atoms with Crippen LogP contribution in [0.25, 0.3) is 11.4 Å². The number of nitrogens with zero attached hydrogens (tertiary/aromatic N) is 9. The fraction of sp³-hybridized carbons (Fsp3) is 0.385. The summed E-state index contributed by atoms with van der Waals surface area (Å²) in [5, 5.41) is 24.8. The van der Waals surface area contributed by atoms with Gasteiger partial charge < -0.3 is 19.9 Å². The van der Waals surface area contributed by atoms with Gasteiger partial charge in [-0.1, -0.05) is 0 Å². The number of anilines is 2. The second-order valence-corrected chi connectivity index (χ2v) is 10.4. The van der Waals surface area contributed by atoms with E-state index in [2.05, 4.69) is 46.6 Å². The van der Waals surface area contributed by atoms with Crippen molar-refractivity contribution >= 4 is 17.5 Å². The van der Waals surface area contributed by atoms with Gasteiger partial charge in [-0.05, 0) is 45.9 Å². The number of aromatic nitrogens is 8. The third kappa shape index (κ3) is 5.73. The first-order valence-electron chi connectivity index (χ1n) is 12.7. The van der Waals surface area contributed by atoms with Crippen molar-refractivity contribution in [2.45, 2.75) is 51.9 Å². The molecule has 2 N–H and O–H groups in total. The molecule has 40 heavy (non-hydrogen) atoms. The molecular formula is C26H28FN11O2. The predicted octanol–water partition coefficient (Wildman–Crippen LogP) is 3.16. The first-order chi connectivity index (χ1) is 19.1. The monoisotopic (exact) mass is 545 g/mol. The van der Waals surface area contributed by atoms with Crippen LogP contribution in [0.2, 0.25) is 0 Å². The molecule has 4 aromatic rings. The number of benzene rings is 1.